The van der Waals surface area contributed by atoms with Gasteiger partial charge in [-0.15, -0.1) is 0 Å². The summed E-state index contributed by atoms with van der Waals surface area (Å²) in [6, 6.07) is 3.01. The fourth-order valence-electron chi connectivity index (χ4n) is 2.50. The fraction of sp³-hybridized carbons (Fsp3) is 0.538. The highest BCUT2D eigenvalue weighted by atomic mass is 16.6. The number of hydrogen-bond acceptors (Lipinski definition) is 6. The van der Waals surface area contributed by atoms with Gasteiger partial charge in [-0.2, -0.15) is 0 Å². The van der Waals surface area contributed by atoms with Gasteiger partial charge in [0, 0.05) is 18.2 Å². The number of anilines is 1. The first-order chi connectivity index (χ1) is 9.56. The summed E-state index contributed by atoms with van der Waals surface area (Å²) in [5.41, 5.74) is 6.36. The van der Waals surface area contributed by atoms with Crippen molar-refractivity contribution < 1.29 is 14.4 Å². The summed E-state index contributed by atoms with van der Waals surface area (Å²) in [4.78, 5) is 10.7. The molecule has 1 aliphatic rings. The molecule has 1 aliphatic carbocycles. The van der Waals surface area contributed by atoms with Crippen LogP contribution in [0.2, 0.25) is 0 Å². The molecule has 7 heteroatoms. The molecule has 2 rings (SSSR count). The number of ether oxygens (including phenoxy) is 2. The molecule has 2 atom stereocenters. The van der Waals surface area contributed by atoms with Crippen molar-refractivity contribution >= 4 is 11.4 Å². The van der Waals surface area contributed by atoms with Gasteiger partial charge in [-0.05, 0) is 19.3 Å². The molecule has 0 bridgehead atoms. The normalized spacial score (nSPS) is 21.6. The molecule has 3 N–H and O–H groups in total. The Kier molecular flexibility index (Phi) is 4.29. The van der Waals surface area contributed by atoms with Crippen LogP contribution < -0.4 is 20.5 Å². The molecule has 1 aromatic rings. The molecule has 0 aliphatic heterocycles. The van der Waals surface area contributed by atoms with Crippen molar-refractivity contribution in [3.05, 3.63) is 22.2 Å². The van der Waals surface area contributed by atoms with E-state index in [2.05, 4.69) is 5.32 Å². The zero-order chi connectivity index (χ0) is 14.7. The van der Waals surface area contributed by atoms with Crippen LogP contribution in [0.3, 0.4) is 0 Å². The van der Waals surface area contributed by atoms with Crippen LogP contribution in [0, 0.1) is 10.1 Å². The highest BCUT2D eigenvalue weighted by Gasteiger charge is 2.27. The smallest absolute Gasteiger partial charge is 0.296 e. The Morgan fingerprint density at radius 2 is 1.95 bits per heavy atom. The fourth-order valence-corrected chi connectivity index (χ4v) is 2.50. The van der Waals surface area contributed by atoms with E-state index < -0.39 is 4.92 Å². The van der Waals surface area contributed by atoms with E-state index in [1.165, 1.54) is 20.3 Å². The number of nitrogens with one attached hydrogen (secondary N) is 1. The third-order valence-electron chi connectivity index (χ3n) is 3.61. The zero-order valence-electron chi connectivity index (χ0n) is 11.6. The maximum Gasteiger partial charge on any atom is 0.296 e. The molecule has 20 heavy (non-hydrogen) atoms. The monoisotopic (exact) mass is 281 g/mol. The predicted octanol–water partition coefficient (Wildman–Crippen LogP) is 1.90. The van der Waals surface area contributed by atoms with E-state index in [1.807, 2.05) is 0 Å². The summed E-state index contributed by atoms with van der Waals surface area (Å²) >= 11 is 0. The summed E-state index contributed by atoms with van der Waals surface area (Å²) in [5, 5.41) is 14.3. The Bertz CT molecular complexity index is 507. The average molecular weight is 281 g/mol. The van der Waals surface area contributed by atoms with Crippen LogP contribution in [0.5, 0.6) is 11.5 Å². The maximum atomic E-state index is 11.2. The lowest BCUT2D eigenvalue weighted by atomic mass is 10.1. The predicted molar refractivity (Wildman–Crippen MR) is 75.4 cm³/mol. The number of hydrogen-bond donors (Lipinski definition) is 2. The van der Waals surface area contributed by atoms with Crippen LogP contribution in [0.4, 0.5) is 11.4 Å². The number of benzene rings is 1. The minimum atomic E-state index is -0.440. The second kappa shape index (κ2) is 5.96. The molecular weight excluding hydrogens is 262 g/mol. The van der Waals surface area contributed by atoms with Crippen molar-refractivity contribution in [2.24, 2.45) is 5.73 Å². The molecule has 0 aromatic heterocycles. The van der Waals surface area contributed by atoms with E-state index in [1.54, 1.807) is 6.07 Å². The number of nitrogens with zero attached hydrogens (tertiary/aromatic N) is 1. The molecular formula is C13H19N3O4. The molecule has 0 saturated heterocycles. The Labute approximate surface area is 117 Å². The van der Waals surface area contributed by atoms with Crippen molar-refractivity contribution in [3.8, 4) is 11.5 Å². The lowest BCUT2D eigenvalue weighted by molar-refractivity contribution is -0.384. The molecule has 110 valence electrons. The highest BCUT2D eigenvalue weighted by Crippen LogP contribution is 2.38. The molecule has 0 spiro atoms. The van der Waals surface area contributed by atoms with E-state index in [9.17, 15) is 10.1 Å². The molecule has 0 amide bonds. The van der Waals surface area contributed by atoms with Gasteiger partial charge in [0.15, 0.2) is 11.5 Å². The van der Waals surface area contributed by atoms with E-state index in [-0.39, 0.29) is 17.8 Å². The van der Waals surface area contributed by atoms with Gasteiger partial charge in [-0.25, -0.2) is 0 Å². The van der Waals surface area contributed by atoms with Crippen molar-refractivity contribution in [3.63, 3.8) is 0 Å². The van der Waals surface area contributed by atoms with Crippen LogP contribution >= 0.6 is 0 Å². The third kappa shape index (κ3) is 2.77. The summed E-state index contributed by atoms with van der Waals surface area (Å²) in [6.07, 6.45) is 2.87. The minimum Gasteiger partial charge on any atom is -0.493 e. The van der Waals surface area contributed by atoms with Crippen molar-refractivity contribution in [2.75, 3.05) is 19.5 Å². The standard InChI is InChI=1S/C13H19N3O4/c1-19-12-6-10(15-9-5-3-4-8(9)14)11(16(17)18)7-13(12)20-2/h6-9,15H,3-5,14H2,1-2H3. The number of methoxy groups -OCH3 is 2. The molecule has 0 heterocycles. The van der Waals surface area contributed by atoms with Gasteiger partial charge in [-0.1, -0.05) is 0 Å². The average Bonchev–Trinajstić information content (AvgIpc) is 2.83. The van der Waals surface area contributed by atoms with Crippen molar-refractivity contribution in [1.82, 2.24) is 0 Å². The summed E-state index contributed by atoms with van der Waals surface area (Å²) < 4.78 is 10.3. The highest BCUT2D eigenvalue weighted by molar-refractivity contribution is 5.69. The SMILES string of the molecule is COc1cc(NC2CCCC2N)c([N+](=O)[O-])cc1OC. The van der Waals surface area contributed by atoms with Gasteiger partial charge in [0.05, 0.1) is 25.2 Å². The van der Waals surface area contributed by atoms with Crippen LogP contribution in [-0.2, 0) is 0 Å². The van der Waals surface area contributed by atoms with Crippen LogP contribution in [0.15, 0.2) is 12.1 Å². The number of nitrogens with two attached hydrogens (primary N) is 1. The molecule has 0 radical (unpaired) electrons. The molecule has 2 unspecified atom stereocenters. The van der Waals surface area contributed by atoms with Gasteiger partial charge < -0.3 is 20.5 Å². The van der Waals surface area contributed by atoms with Gasteiger partial charge in [-0.3, -0.25) is 10.1 Å². The maximum absolute atomic E-state index is 11.2. The quantitative estimate of drug-likeness (QED) is 0.631. The largest absolute Gasteiger partial charge is 0.493 e. The van der Waals surface area contributed by atoms with Crippen LogP contribution in [-0.4, -0.2) is 31.2 Å². The first kappa shape index (κ1) is 14.4. The van der Waals surface area contributed by atoms with E-state index in [0.717, 1.165) is 19.3 Å². The Morgan fingerprint density at radius 3 is 2.45 bits per heavy atom. The molecule has 1 fully saturated rings. The first-order valence-electron chi connectivity index (χ1n) is 6.49. The van der Waals surface area contributed by atoms with E-state index >= 15 is 0 Å². The number of nitro benzene ring substituents is 1. The summed E-state index contributed by atoms with van der Waals surface area (Å²) in [7, 11) is 2.94. The molecule has 1 saturated carbocycles. The van der Waals surface area contributed by atoms with Crippen LogP contribution in [0.1, 0.15) is 19.3 Å². The van der Waals surface area contributed by atoms with Gasteiger partial charge >= 0.3 is 0 Å². The van der Waals surface area contributed by atoms with Gasteiger partial charge in [0.2, 0.25) is 0 Å². The lowest BCUT2D eigenvalue weighted by Crippen LogP contribution is -2.35. The topological polar surface area (TPSA) is 99.7 Å². The number of rotatable bonds is 5. The van der Waals surface area contributed by atoms with E-state index in [4.69, 9.17) is 15.2 Å². The molecule has 1 aromatic carbocycles. The second-order valence-electron chi connectivity index (χ2n) is 4.83. The first-order valence-corrected chi connectivity index (χ1v) is 6.49. The third-order valence-corrected chi connectivity index (χ3v) is 3.61. The Morgan fingerprint density at radius 1 is 1.30 bits per heavy atom. The Hall–Kier alpha value is -2.02. The Balaban J connectivity index is 2.36. The summed E-state index contributed by atoms with van der Waals surface area (Å²) in [6.45, 7) is 0. The van der Waals surface area contributed by atoms with Crippen molar-refractivity contribution in [1.29, 1.82) is 0 Å². The minimum absolute atomic E-state index is 0.0164. The van der Waals surface area contributed by atoms with E-state index in [0.29, 0.717) is 17.2 Å². The molecule has 7 nitrogen and oxygen atoms in total. The van der Waals surface area contributed by atoms with Crippen molar-refractivity contribution in [2.45, 2.75) is 31.3 Å². The van der Waals surface area contributed by atoms with Gasteiger partial charge in [0.25, 0.3) is 5.69 Å². The summed E-state index contributed by atoms with van der Waals surface area (Å²) in [5.74, 6) is 0.785. The second-order valence-corrected chi connectivity index (χ2v) is 4.83. The zero-order valence-corrected chi connectivity index (χ0v) is 11.6. The van der Waals surface area contributed by atoms with Gasteiger partial charge in [0.1, 0.15) is 5.69 Å². The van der Waals surface area contributed by atoms with Crippen LogP contribution in [0.25, 0.3) is 0 Å². The number of nitro groups is 1. The lowest BCUT2D eigenvalue weighted by Gasteiger charge is -2.19.